The van der Waals surface area contributed by atoms with Crippen molar-refractivity contribution in [3.05, 3.63) is 47.3 Å². The van der Waals surface area contributed by atoms with Gasteiger partial charge >= 0.3 is 0 Å². The molecule has 29 heavy (non-hydrogen) atoms. The molecule has 0 bridgehead atoms. The molecule has 2 aromatic rings. The fourth-order valence-corrected chi connectivity index (χ4v) is 4.55. The van der Waals surface area contributed by atoms with Crippen LogP contribution in [-0.4, -0.2) is 58.3 Å². The Hall–Kier alpha value is -2.67. The highest BCUT2D eigenvalue weighted by molar-refractivity contribution is 5.97. The first kappa shape index (κ1) is 19.6. The quantitative estimate of drug-likeness (QED) is 0.800. The summed E-state index contributed by atoms with van der Waals surface area (Å²) in [6, 6.07) is 9.67. The first-order chi connectivity index (χ1) is 13.9. The molecule has 2 aliphatic rings. The highest BCUT2D eigenvalue weighted by Gasteiger charge is 2.45. The minimum absolute atomic E-state index is 0.00513. The lowest BCUT2D eigenvalue weighted by molar-refractivity contribution is -0.144. The van der Waals surface area contributed by atoms with Crippen LogP contribution in [0.2, 0.25) is 0 Å². The van der Waals surface area contributed by atoms with E-state index >= 15 is 0 Å². The van der Waals surface area contributed by atoms with Gasteiger partial charge in [-0.1, -0.05) is 18.2 Å². The van der Waals surface area contributed by atoms with Crippen molar-refractivity contribution in [1.29, 1.82) is 0 Å². The van der Waals surface area contributed by atoms with E-state index in [0.717, 1.165) is 36.5 Å². The third kappa shape index (κ3) is 3.55. The van der Waals surface area contributed by atoms with Crippen LogP contribution >= 0.6 is 0 Å². The Balaban J connectivity index is 1.57. The number of nitrogens with zero attached hydrogens (tertiary/aromatic N) is 4. The van der Waals surface area contributed by atoms with Crippen molar-refractivity contribution >= 4 is 17.5 Å². The van der Waals surface area contributed by atoms with Crippen LogP contribution in [0.1, 0.15) is 41.5 Å². The summed E-state index contributed by atoms with van der Waals surface area (Å²) in [6.07, 6.45) is 1.68. The maximum Gasteiger partial charge on any atom is 0.257 e. The number of benzene rings is 1. The van der Waals surface area contributed by atoms with Gasteiger partial charge in [0.1, 0.15) is 12.2 Å². The van der Waals surface area contributed by atoms with E-state index in [4.69, 9.17) is 4.74 Å². The molecular formula is C22H28N4O3. The molecule has 2 amide bonds. The summed E-state index contributed by atoms with van der Waals surface area (Å²) in [5.74, 6) is -0.0354. The number of aryl methyl sites for hydroxylation is 2. The summed E-state index contributed by atoms with van der Waals surface area (Å²) >= 11 is 0. The summed E-state index contributed by atoms with van der Waals surface area (Å²) in [5.41, 5.74) is 2.70. The molecule has 154 valence electrons. The highest BCUT2D eigenvalue weighted by Crippen LogP contribution is 2.32. The predicted octanol–water partition coefficient (Wildman–Crippen LogP) is 2.56. The van der Waals surface area contributed by atoms with Crippen molar-refractivity contribution < 1.29 is 14.3 Å². The van der Waals surface area contributed by atoms with Gasteiger partial charge in [-0.2, -0.15) is 5.10 Å². The van der Waals surface area contributed by atoms with Gasteiger partial charge in [0, 0.05) is 24.5 Å². The van der Waals surface area contributed by atoms with E-state index in [1.54, 1.807) is 4.90 Å². The molecule has 0 N–H and O–H groups in total. The van der Waals surface area contributed by atoms with Crippen molar-refractivity contribution in [2.24, 2.45) is 0 Å². The Kier molecular flexibility index (Phi) is 5.17. The lowest BCUT2D eigenvalue weighted by Crippen LogP contribution is -2.62. The van der Waals surface area contributed by atoms with E-state index in [9.17, 15) is 9.59 Å². The monoisotopic (exact) mass is 396 g/mol. The number of hydrogen-bond acceptors (Lipinski definition) is 4. The molecular weight excluding hydrogens is 368 g/mol. The maximum absolute atomic E-state index is 13.3. The number of rotatable bonds is 3. The first-order valence-corrected chi connectivity index (χ1v) is 10.3. The molecule has 1 unspecified atom stereocenters. The number of para-hydroxylation sites is 1. The molecule has 1 spiro atoms. The third-order valence-electron chi connectivity index (χ3n) is 6.04. The minimum Gasteiger partial charge on any atom is -0.361 e. The number of piperidine rings is 1. The number of aromatic nitrogens is 2. The molecule has 0 aliphatic carbocycles. The molecule has 3 heterocycles. The van der Waals surface area contributed by atoms with Crippen LogP contribution in [0.15, 0.2) is 30.3 Å². The number of likely N-dealkylation sites (tertiary alicyclic amines) is 1. The van der Waals surface area contributed by atoms with Crippen molar-refractivity contribution in [2.75, 3.05) is 31.1 Å². The Labute approximate surface area is 171 Å². The normalized spacial score (nSPS) is 22.4. The summed E-state index contributed by atoms with van der Waals surface area (Å²) in [6.45, 7) is 8.28. The maximum atomic E-state index is 13.3. The molecule has 2 aliphatic heterocycles. The zero-order valence-corrected chi connectivity index (χ0v) is 17.4. The van der Waals surface area contributed by atoms with Crippen molar-refractivity contribution in [2.45, 2.75) is 45.8 Å². The van der Waals surface area contributed by atoms with Crippen LogP contribution in [0.25, 0.3) is 0 Å². The van der Waals surface area contributed by atoms with E-state index in [2.05, 4.69) is 5.10 Å². The molecule has 1 aromatic carbocycles. The van der Waals surface area contributed by atoms with Gasteiger partial charge in [-0.3, -0.25) is 14.3 Å². The van der Waals surface area contributed by atoms with Gasteiger partial charge in [-0.15, -0.1) is 0 Å². The van der Waals surface area contributed by atoms with E-state index in [1.165, 1.54) is 0 Å². The second kappa shape index (κ2) is 7.63. The van der Waals surface area contributed by atoms with Crippen molar-refractivity contribution in [3.8, 4) is 0 Å². The molecule has 7 heteroatoms. The molecule has 2 fully saturated rings. The minimum atomic E-state index is -0.528. The van der Waals surface area contributed by atoms with E-state index < -0.39 is 5.60 Å². The van der Waals surface area contributed by atoms with Crippen LogP contribution in [0.5, 0.6) is 0 Å². The smallest absolute Gasteiger partial charge is 0.257 e. The summed E-state index contributed by atoms with van der Waals surface area (Å²) < 4.78 is 7.94. The molecule has 4 rings (SSSR count). The summed E-state index contributed by atoms with van der Waals surface area (Å²) in [5, 5.41) is 4.50. The molecule has 0 radical (unpaired) electrons. The number of morpholine rings is 1. The Morgan fingerprint density at radius 3 is 2.66 bits per heavy atom. The number of amides is 2. The van der Waals surface area contributed by atoms with Gasteiger partial charge in [0.05, 0.1) is 24.3 Å². The molecule has 0 saturated carbocycles. The average Bonchev–Trinajstić information content (AvgIpc) is 3.03. The van der Waals surface area contributed by atoms with Crippen LogP contribution in [0, 0.1) is 13.8 Å². The third-order valence-corrected chi connectivity index (χ3v) is 6.04. The van der Waals surface area contributed by atoms with Gasteiger partial charge < -0.3 is 14.5 Å². The Morgan fingerprint density at radius 2 is 1.97 bits per heavy atom. The number of ether oxygens (including phenoxy) is 1. The fourth-order valence-electron chi connectivity index (χ4n) is 4.55. The topological polar surface area (TPSA) is 67.7 Å². The van der Waals surface area contributed by atoms with Gasteiger partial charge in [-0.05, 0) is 45.7 Å². The Bertz CT molecular complexity index is 924. The number of carbonyl (C=O) groups is 2. The fraction of sp³-hybridized carbons (Fsp3) is 0.500. The lowest BCUT2D eigenvalue weighted by atomic mass is 9.90. The second-order valence-electron chi connectivity index (χ2n) is 7.98. The van der Waals surface area contributed by atoms with Crippen LogP contribution < -0.4 is 4.90 Å². The van der Waals surface area contributed by atoms with Crippen molar-refractivity contribution in [1.82, 2.24) is 14.7 Å². The van der Waals surface area contributed by atoms with Gasteiger partial charge in [0.25, 0.3) is 11.8 Å². The van der Waals surface area contributed by atoms with Gasteiger partial charge in [0.2, 0.25) is 0 Å². The SMILES string of the molecule is CCn1nc(C)c(C(=O)N2CCCC3(C2)CN(c2ccccc2)C(=O)CO3)c1C. The van der Waals surface area contributed by atoms with Crippen LogP contribution in [0.4, 0.5) is 5.69 Å². The zero-order valence-electron chi connectivity index (χ0n) is 17.4. The Morgan fingerprint density at radius 1 is 1.21 bits per heavy atom. The van der Waals surface area contributed by atoms with Gasteiger partial charge in [-0.25, -0.2) is 0 Å². The van der Waals surface area contributed by atoms with Crippen molar-refractivity contribution in [3.63, 3.8) is 0 Å². The highest BCUT2D eigenvalue weighted by atomic mass is 16.5. The van der Waals surface area contributed by atoms with E-state index in [1.807, 2.05) is 60.7 Å². The molecule has 1 aromatic heterocycles. The second-order valence-corrected chi connectivity index (χ2v) is 7.98. The molecule has 7 nitrogen and oxygen atoms in total. The largest absolute Gasteiger partial charge is 0.361 e. The predicted molar refractivity (Wildman–Crippen MR) is 110 cm³/mol. The standard InChI is InChI=1S/C22H28N4O3/c1-4-26-17(3)20(16(2)23-26)21(28)24-12-8-11-22(14-24)15-25(19(27)13-29-22)18-9-6-5-7-10-18/h5-7,9-10H,4,8,11-15H2,1-3H3. The van der Waals surface area contributed by atoms with Crippen LogP contribution in [0.3, 0.4) is 0 Å². The lowest BCUT2D eigenvalue weighted by Gasteiger charge is -2.47. The number of anilines is 1. The van der Waals surface area contributed by atoms with E-state index in [-0.39, 0.29) is 18.4 Å². The first-order valence-electron chi connectivity index (χ1n) is 10.3. The zero-order chi connectivity index (χ0) is 20.6. The molecule has 2 saturated heterocycles. The van der Waals surface area contributed by atoms with Gasteiger partial charge in [0.15, 0.2) is 0 Å². The van der Waals surface area contributed by atoms with Crippen LogP contribution in [-0.2, 0) is 16.1 Å². The average molecular weight is 396 g/mol. The number of carbonyl (C=O) groups excluding carboxylic acids is 2. The summed E-state index contributed by atoms with van der Waals surface area (Å²) in [4.78, 5) is 29.5. The number of hydrogen-bond donors (Lipinski definition) is 0. The molecule has 1 atom stereocenters. The summed E-state index contributed by atoms with van der Waals surface area (Å²) in [7, 11) is 0. The van der Waals surface area contributed by atoms with E-state index in [0.29, 0.717) is 25.2 Å².